The van der Waals surface area contributed by atoms with Gasteiger partial charge in [0, 0.05) is 12.5 Å². The fourth-order valence-electron chi connectivity index (χ4n) is 2.00. The van der Waals surface area contributed by atoms with Crippen molar-refractivity contribution in [3.05, 3.63) is 41.0 Å². The van der Waals surface area contributed by atoms with Crippen molar-refractivity contribution in [3.63, 3.8) is 0 Å². The van der Waals surface area contributed by atoms with Gasteiger partial charge in [-0.2, -0.15) is 26.3 Å². The first-order valence-corrected chi connectivity index (χ1v) is 6.81. The summed E-state index contributed by atoms with van der Waals surface area (Å²) in [7, 11) is 0. The molecule has 136 valence electrons. The first-order valence-electron chi connectivity index (χ1n) is 6.81. The molecule has 2 rings (SSSR count). The minimum Gasteiger partial charge on any atom is -0.463 e. The van der Waals surface area contributed by atoms with Gasteiger partial charge in [0.25, 0.3) is 0 Å². The maximum Gasteiger partial charge on any atom is 0.416 e. The summed E-state index contributed by atoms with van der Waals surface area (Å²) < 4.78 is 85.5. The smallest absolute Gasteiger partial charge is 0.416 e. The summed E-state index contributed by atoms with van der Waals surface area (Å²) in [5.74, 6) is -1.85. The minimum absolute atomic E-state index is 0.0236. The Morgan fingerprint density at radius 3 is 2.08 bits per heavy atom. The molecule has 0 aromatic heterocycles. The summed E-state index contributed by atoms with van der Waals surface area (Å²) in [6.07, 6.45) is -9.60. The maximum atomic E-state index is 12.7. The number of carbonyl (C=O) groups excluding carboxylic acids is 2. The highest BCUT2D eigenvalue weighted by molar-refractivity contribution is 5.89. The molecule has 25 heavy (non-hydrogen) atoms. The number of hydrogen-bond acceptors (Lipinski definition) is 4. The molecular formula is C15H10F6O4. The van der Waals surface area contributed by atoms with E-state index in [2.05, 4.69) is 4.74 Å². The van der Waals surface area contributed by atoms with Crippen LogP contribution in [0.25, 0.3) is 6.08 Å². The lowest BCUT2D eigenvalue weighted by Gasteiger charge is -2.13. The zero-order valence-electron chi connectivity index (χ0n) is 12.3. The van der Waals surface area contributed by atoms with Crippen LogP contribution in [-0.4, -0.2) is 24.6 Å². The normalized spacial score (nSPS) is 18.5. The second kappa shape index (κ2) is 6.77. The molecule has 1 unspecified atom stereocenters. The van der Waals surface area contributed by atoms with E-state index < -0.39 is 47.1 Å². The number of ether oxygens (including phenoxy) is 2. The van der Waals surface area contributed by atoms with Gasteiger partial charge in [0.2, 0.25) is 6.10 Å². The SMILES string of the molecule is O=C(C=Cc1cc(C(F)(F)F)cc(C(F)(F)F)c1)OC1CCOC1=O. The number of alkyl halides is 6. The Morgan fingerprint density at radius 1 is 1.08 bits per heavy atom. The van der Waals surface area contributed by atoms with Gasteiger partial charge < -0.3 is 9.47 Å². The van der Waals surface area contributed by atoms with E-state index in [-0.39, 0.29) is 19.1 Å². The van der Waals surface area contributed by atoms with Gasteiger partial charge in [0.05, 0.1) is 17.7 Å². The number of benzene rings is 1. The molecule has 1 saturated heterocycles. The Hall–Kier alpha value is -2.52. The number of cyclic esters (lactones) is 1. The van der Waals surface area contributed by atoms with E-state index in [0.29, 0.717) is 18.2 Å². The van der Waals surface area contributed by atoms with Crippen molar-refractivity contribution < 1.29 is 45.4 Å². The fourth-order valence-corrected chi connectivity index (χ4v) is 2.00. The van der Waals surface area contributed by atoms with Gasteiger partial charge in [0.1, 0.15) is 0 Å². The number of rotatable bonds is 3. The van der Waals surface area contributed by atoms with Crippen LogP contribution in [0.1, 0.15) is 23.1 Å². The highest BCUT2D eigenvalue weighted by Crippen LogP contribution is 2.36. The Labute approximate surface area is 137 Å². The molecule has 0 aliphatic carbocycles. The van der Waals surface area contributed by atoms with Crippen LogP contribution in [0.2, 0.25) is 0 Å². The summed E-state index contributed by atoms with van der Waals surface area (Å²) in [6, 6.07) is 0.899. The molecule has 0 radical (unpaired) electrons. The molecule has 0 bridgehead atoms. The van der Waals surface area contributed by atoms with E-state index in [0.717, 1.165) is 6.08 Å². The predicted molar refractivity (Wildman–Crippen MR) is 70.9 cm³/mol. The second-order valence-electron chi connectivity index (χ2n) is 5.05. The summed E-state index contributed by atoms with van der Waals surface area (Å²) in [6.45, 7) is 0.0586. The van der Waals surface area contributed by atoms with Crippen LogP contribution in [-0.2, 0) is 31.4 Å². The Kier molecular flexibility index (Phi) is 5.09. The summed E-state index contributed by atoms with van der Waals surface area (Å²) in [4.78, 5) is 22.6. The highest BCUT2D eigenvalue weighted by Gasteiger charge is 2.36. The van der Waals surface area contributed by atoms with Gasteiger partial charge in [-0.3, -0.25) is 0 Å². The van der Waals surface area contributed by atoms with Crippen molar-refractivity contribution in [1.29, 1.82) is 0 Å². The molecule has 0 amide bonds. The van der Waals surface area contributed by atoms with Gasteiger partial charge in [-0.05, 0) is 29.8 Å². The van der Waals surface area contributed by atoms with E-state index in [1.54, 1.807) is 0 Å². The average molecular weight is 368 g/mol. The average Bonchev–Trinajstić information content (AvgIpc) is 2.88. The molecule has 10 heteroatoms. The molecule has 0 saturated carbocycles. The van der Waals surface area contributed by atoms with Gasteiger partial charge >= 0.3 is 24.3 Å². The fraction of sp³-hybridized carbons (Fsp3) is 0.333. The third-order valence-corrected chi connectivity index (χ3v) is 3.17. The van der Waals surface area contributed by atoms with E-state index in [1.165, 1.54) is 0 Å². The molecule has 1 atom stereocenters. The first kappa shape index (κ1) is 18.8. The van der Waals surface area contributed by atoms with Crippen molar-refractivity contribution in [3.8, 4) is 0 Å². The van der Waals surface area contributed by atoms with Gasteiger partial charge in [-0.15, -0.1) is 0 Å². The number of carbonyl (C=O) groups is 2. The second-order valence-corrected chi connectivity index (χ2v) is 5.05. The summed E-state index contributed by atoms with van der Waals surface area (Å²) in [5.41, 5.74) is -3.50. The van der Waals surface area contributed by atoms with Gasteiger partial charge in [-0.25, -0.2) is 9.59 Å². The van der Waals surface area contributed by atoms with E-state index in [4.69, 9.17) is 4.74 Å². The summed E-state index contributed by atoms with van der Waals surface area (Å²) >= 11 is 0. The first-order chi connectivity index (χ1) is 11.5. The minimum atomic E-state index is -4.99. The zero-order valence-corrected chi connectivity index (χ0v) is 12.3. The third kappa shape index (κ3) is 4.97. The highest BCUT2D eigenvalue weighted by atomic mass is 19.4. The monoisotopic (exact) mass is 368 g/mol. The molecular weight excluding hydrogens is 358 g/mol. The summed E-state index contributed by atoms with van der Waals surface area (Å²) in [5, 5.41) is 0. The van der Waals surface area contributed by atoms with Crippen molar-refractivity contribution in [2.24, 2.45) is 0 Å². The molecule has 4 nitrogen and oxygen atoms in total. The molecule has 1 fully saturated rings. The lowest BCUT2D eigenvalue weighted by molar-refractivity contribution is -0.156. The Balaban J connectivity index is 2.22. The lowest BCUT2D eigenvalue weighted by atomic mass is 10.0. The topological polar surface area (TPSA) is 52.6 Å². The molecule has 0 N–H and O–H groups in total. The maximum absolute atomic E-state index is 12.7. The van der Waals surface area contributed by atoms with Crippen LogP contribution in [0.4, 0.5) is 26.3 Å². The number of esters is 2. The quantitative estimate of drug-likeness (QED) is 0.465. The van der Waals surface area contributed by atoms with Crippen LogP contribution in [0, 0.1) is 0 Å². The van der Waals surface area contributed by atoms with Crippen LogP contribution in [0.3, 0.4) is 0 Å². The van der Waals surface area contributed by atoms with Gasteiger partial charge in [-0.1, -0.05) is 0 Å². The molecule has 1 aromatic carbocycles. The van der Waals surface area contributed by atoms with E-state index in [1.807, 2.05) is 0 Å². The van der Waals surface area contributed by atoms with Crippen molar-refractivity contribution in [2.75, 3.05) is 6.61 Å². The van der Waals surface area contributed by atoms with Crippen LogP contribution in [0.5, 0.6) is 0 Å². The largest absolute Gasteiger partial charge is 0.463 e. The number of hydrogen-bond donors (Lipinski definition) is 0. The zero-order chi connectivity index (χ0) is 18.8. The van der Waals surface area contributed by atoms with Gasteiger partial charge in [0.15, 0.2) is 0 Å². The van der Waals surface area contributed by atoms with E-state index in [9.17, 15) is 35.9 Å². The number of halogens is 6. The Bertz CT molecular complexity index is 673. The van der Waals surface area contributed by atoms with Crippen LogP contribution >= 0.6 is 0 Å². The molecule has 1 heterocycles. The molecule has 1 aromatic rings. The van der Waals surface area contributed by atoms with Crippen LogP contribution in [0.15, 0.2) is 24.3 Å². The molecule has 1 aliphatic rings. The van der Waals surface area contributed by atoms with Crippen LogP contribution < -0.4 is 0 Å². The molecule has 1 aliphatic heterocycles. The van der Waals surface area contributed by atoms with Crippen molar-refractivity contribution in [1.82, 2.24) is 0 Å². The predicted octanol–water partition coefficient (Wildman–Crippen LogP) is 3.60. The van der Waals surface area contributed by atoms with Crippen molar-refractivity contribution >= 4 is 18.0 Å². The lowest BCUT2D eigenvalue weighted by Crippen LogP contribution is -2.21. The van der Waals surface area contributed by atoms with Crippen molar-refractivity contribution in [2.45, 2.75) is 24.9 Å². The van der Waals surface area contributed by atoms with E-state index >= 15 is 0 Å². The third-order valence-electron chi connectivity index (χ3n) is 3.17. The Morgan fingerprint density at radius 2 is 1.64 bits per heavy atom. The molecule has 0 spiro atoms. The standard InChI is InChI=1S/C15H10F6O4/c16-14(17,18)9-5-8(6-10(7-9)15(19,20)21)1-2-12(22)25-11-3-4-24-13(11)23/h1-2,5-7,11H,3-4H2.